The number of hydrogen-bond acceptors (Lipinski definition) is 4. The van der Waals surface area contributed by atoms with Gasteiger partial charge in [-0.2, -0.15) is 5.10 Å². The first-order chi connectivity index (χ1) is 12.0. The smallest absolute Gasteiger partial charge is 0.252 e. The number of amides is 1. The van der Waals surface area contributed by atoms with Crippen LogP contribution in [0, 0.1) is 5.92 Å². The average molecular weight is 343 g/mol. The summed E-state index contributed by atoms with van der Waals surface area (Å²) in [5, 5.41) is 8.31. The van der Waals surface area contributed by atoms with Crippen LogP contribution in [0.1, 0.15) is 56.4 Å². The van der Waals surface area contributed by atoms with E-state index in [1.165, 1.54) is 32.4 Å². The lowest BCUT2D eigenvalue weighted by Gasteiger charge is -2.29. The number of nitrogens with one attached hydrogen (secondary N) is 1. The van der Waals surface area contributed by atoms with Crippen LogP contribution >= 0.6 is 0 Å². The zero-order valence-electron chi connectivity index (χ0n) is 15.5. The summed E-state index contributed by atoms with van der Waals surface area (Å²) in [5.74, 6) is 0.389. The molecule has 1 atom stereocenters. The van der Waals surface area contributed by atoms with Crippen molar-refractivity contribution in [3.05, 3.63) is 24.0 Å². The first-order valence-corrected chi connectivity index (χ1v) is 9.38. The molecule has 1 aliphatic rings. The van der Waals surface area contributed by atoms with Gasteiger partial charge >= 0.3 is 0 Å². The summed E-state index contributed by atoms with van der Waals surface area (Å²) < 4.78 is 1.87. The maximum atomic E-state index is 12.4. The van der Waals surface area contributed by atoms with Crippen LogP contribution in [0.5, 0.6) is 0 Å². The van der Waals surface area contributed by atoms with Crippen molar-refractivity contribution >= 4 is 16.9 Å². The third kappa shape index (κ3) is 4.37. The Hall–Kier alpha value is -1.95. The summed E-state index contributed by atoms with van der Waals surface area (Å²) in [5.41, 5.74) is 1.42. The molecule has 1 fully saturated rings. The Morgan fingerprint density at radius 3 is 2.68 bits per heavy atom. The first kappa shape index (κ1) is 17.9. The summed E-state index contributed by atoms with van der Waals surface area (Å²) >= 11 is 0. The minimum atomic E-state index is -0.0582. The van der Waals surface area contributed by atoms with E-state index < -0.39 is 0 Å². The molecule has 25 heavy (non-hydrogen) atoms. The van der Waals surface area contributed by atoms with Crippen LogP contribution in [0.2, 0.25) is 0 Å². The predicted molar refractivity (Wildman–Crippen MR) is 99.7 cm³/mol. The number of pyridine rings is 1. The van der Waals surface area contributed by atoms with Crippen LogP contribution in [0.15, 0.2) is 18.5 Å². The monoisotopic (exact) mass is 343 g/mol. The fourth-order valence-electron chi connectivity index (χ4n) is 3.46. The minimum Gasteiger partial charge on any atom is -0.352 e. The third-order valence-corrected chi connectivity index (χ3v) is 4.81. The lowest BCUT2D eigenvalue weighted by molar-refractivity contribution is 0.0942. The van der Waals surface area contributed by atoms with Crippen molar-refractivity contribution in [1.82, 2.24) is 25.0 Å². The van der Waals surface area contributed by atoms with E-state index in [2.05, 4.69) is 41.1 Å². The molecule has 0 radical (unpaired) electrons. The highest BCUT2D eigenvalue weighted by Gasteiger charge is 2.15. The van der Waals surface area contributed by atoms with Crippen molar-refractivity contribution in [2.45, 2.75) is 46.1 Å². The van der Waals surface area contributed by atoms with Crippen LogP contribution < -0.4 is 5.32 Å². The Kier molecular flexibility index (Phi) is 5.68. The predicted octanol–water partition coefficient (Wildman–Crippen LogP) is 2.86. The molecule has 0 bridgehead atoms. The Balaban J connectivity index is 1.56. The second-order valence-corrected chi connectivity index (χ2v) is 7.50. The van der Waals surface area contributed by atoms with E-state index in [9.17, 15) is 4.79 Å². The zero-order chi connectivity index (χ0) is 17.8. The Morgan fingerprint density at radius 2 is 1.96 bits per heavy atom. The molecular formula is C19H29N5O. The molecule has 1 saturated heterocycles. The van der Waals surface area contributed by atoms with E-state index in [0.717, 1.165) is 17.6 Å². The molecule has 1 aliphatic heterocycles. The van der Waals surface area contributed by atoms with E-state index in [-0.39, 0.29) is 11.9 Å². The summed E-state index contributed by atoms with van der Waals surface area (Å²) in [6.07, 6.45) is 7.37. The van der Waals surface area contributed by atoms with Crippen molar-refractivity contribution in [1.29, 1.82) is 0 Å². The Bertz CT molecular complexity index is 718. The second-order valence-electron chi connectivity index (χ2n) is 7.50. The molecule has 136 valence electrons. The fraction of sp³-hybridized carbons (Fsp3) is 0.632. The molecule has 3 rings (SSSR count). The molecule has 1 amide bonds. The van der Waals surface area contributed by atoms with Crippen LogP contribution in [-0.2, 0) is 0 Å². The van der Waals surface area contributed by atoms with Gasteiger partial charge in [0.15, 0.2) is 5.65 Å². The van der Waals surface area contributed by atoms with Gasteiger partial charge in [-0.05, 0) is 51.8 Å². The van der Waals surface area contributed by atoms with Gasteiger partial charge in [-0.1, -0.05) is 13.3 Å². The van der Waals surface area contributed by atoms with Crippen molar-refractivity contribution < 1.29 is 4.79 Å². The highest BCUT2D eigenvalue weighted by atomic mass is 16.1. The molecular weight excluding hydrogens is 314 g/mol. The second kappa shape index (κ2) is 7.95. The number of carbonyl (C=O) groups is 1. The van der Waals surface area contributed by atoms with E-state index in [4.69, 9.17) is 0 Å². The number of rotatable bonds is 6. The Labute approximate surface area is 149 Å². The van der Waals surface area contributed by atoms with Crippen LogP contribution in [0.25, 0.3) is 11.0 Å². The third-order valence-electron chi connectivity index (χ3n) is 4.81. The molecule has 6 nitrogen and oxygen atoms in total. The molecule has 1 N–H and O–H groups in total. The van der Waals surface area contributed by atoms with Gasteiger partial charge in [-0.15, -0.1) is 0 Å². The molecule has 0 spiro atoms. The number of fused-ring (bicyclic) bond motifs is 1. The normalized spacial score (nSPS) is 17.1. The fourth-order valence-corrected chi connectivity index (χ4v) is 3.46. The summed E-state index contributed by atoms with van der Waals surface area (Å²) in [4.78, 5) is 19.4. The SMILES string of the molecule is CC(CNC(=O)c1cnc2c(cnn2C(C)C)c1)CN1CCCCC1. The van der Waals surface area contributed by atoms with E-state index in [1.807, 2.05) is 10.7 Å². The highest BCUT2D eigenvalue weighted by molar-refractivity contribution is 5.96. The number of likely N-dealkylation sites (tertiary alicyclic amines) is 1. The molecule has 3 heterocycles. The van der Waals surface area contributed by atoms with Crippen LogP contribution in [-0.4, -0.2) is 51.8 Å². The average Bonchev–Trinajstić information content (AvgIpc) is 3.04. The molecule has 6 heteroatoms. The van der Waals surface area contributed by atoms with E-state index >= 15 is 0 Å². The van der Waals surface area contributed by atoms with Crippen molar-refractivity contribution in [3.8, 4) is 0 Å². The highest BCUT2D eigenvalue weighted by Crippen LogP contribution is 2.16. The number of piperidine rings is 1. The van der Waals surface area contributed by atoms with Gasteiger partial charge in [0, 0.05) is 30.7 Å². The number of hydrogen-bond donors (Lipinski definition) is 1. The Morgan fingerprint density at radius 1 is 1.20 bits per heavy atom. The molecule has 0 aliphatic carbocycles. The molecule has 0 aromatic carbocycles. The van der Waals surface area contributed by atoms with Crippen molar-refractivity contribution in [3.63, 3.8) is 0 Å². The molecule has 2 aromatic rings. The molecule has 2 aromatic heterocycles. The van der Waals surface area contributed by atoms with Gasteiger partial charge in [0.25, 0.3) is 5.91 Å². The van der Waals surface area contributed by atoms with E-state index in [0.29, 0.717) is 18.0 Å². The van der Waals surface area contributed by atoms with Gasteiger partial charge in [0.05, 0.1) is 11.8 Å². The lowest BCUT2D eigenvalue weighted by atomic mass is 10.1. The number of nitrogens with zero attached hydrogens (tertiary/aromatic N) is 4. The quantitative estimate of drug-likeness (QED) is 0.876. The van der Waals surface area contributed by atoms with Crippen molar-refractivity contribution in [2.24, 2.45) is 5.92 Å². The van der Waals surface area contributed by atoms with E-state index in [1.54, 1.807) is 12.4 Å². The maximum absolute atomic E-state index is 12.4. The van der Waals surface area contributed by atoms with Gasteiger partial charge in [0.1, 0.15) is 0 Å². The van der Waals surface area contributed by atoms with Gasteiger partial charge in [0.2, 0.25) is 0 Å². The molecule has 1 unspecified atom stereocenters. The van der Waals surface area contributed by atoms with Crippen LogP contribution in [0.3, 0.4) is 0 Å². The van der Waals surface area contributed by atoms with Gasteiger partial charge in [-0.3, -0.25) is 4.79 Å². The van der Waals surface area contributed by atoms with Crippen LogP contribution in [0.4, 0.5) is 0 Å². The lowest BCUT2D eigenvalue weighted by Crippen LogP contribution is -2.38. The maximum Gasteiger partial charge on any atom is 0.252 e. The zero-order valence-corrected chi connectivity index (χ0v) is 15.5. The van der Waals surface area contributed by atoms with Gasteiger partial charge < -0.3 is 10.2 Å². The standard InChI is InChI=1S/C19H29N5O/c1-14(2)24-18-16(12-22-24)9-17(11-20-18)19(25)21-10-15(3)13-23-7-5-4-6-8-23/h9,11-12,14-15H,4-8,10,13H2,1-3H3,(H,21,25). The number of aromatic nitrogens is 3. The summed E-state index contributed by atoms with van der Waals surface area (Å²) in [7, 11) is 0. The largest absolute Gasteiger partial charge is 0.352 e. The van der Waals surface area contributed by atoms with Crippen molar-refractivity contribution in [2.75, 3.05) is 26.2 Å². The topological polar surface area (TPSA) is 63.1 Å². The summed E-state index contributed by atoms with van der Waals surface area (Å²) in [6.45, 7) is 10.5. The minimum absolute atomic E-state index is 0.0582. The molecule has 0 saturated carbocycles. The van der Waals surface area contributed by atoms with Gasteiger partial charge in [-0.25, -0.2) is 9.67 Å². The summed E-state index contributed by atoms with van der Waals surface area (Å²) in [6, 6.07) is 2.12. The first-order valence-electron chi connectivity index (χ1n) is 9.38. The number of carbonyl (C=O) groups excluding carboxylic acids is 1.